The predicted molar refractivity (Wildman–Crippen MR) is 120 cm³/mol. The SMILES string of the molecule is C=C(F)C(=O)N1Cc2sc(Cl)cc2[C@H](c2ccccc2-c2cn(C(C)C)nc2C(F)(F)F)C1. The molecule has 4 nitrogen and oxygen atoms in total. The molecule has 2 aromatic heterocycles. The maximum Gasteiger partial charge on any atom is 0.435 e. The van der Waals surface area contributed by atoms with Crippen LogP contribution in [0.2, 0.25) is 4.34 Å². The zero-order valence-electron chi connectivity index (χ0n) is 17.8. The number of aromatic nitrogens is 2. The normalized spacial score (nSPS) is 16.2. The Kier molecular flexibility index (Phi) is 6.13. The topological polar surface area (TPSA) is 38.1 Å². The van der Waals surface area contributed by atoms with Crippen LogP contribution in [0.5, 0.6) is 0 Å². The second-order valence-electron chi connectivity index (χ2n) is 8.12. The summed E-state index contributed by atoms with van der Waals surface area (Å²) >= 11 is 7.50. The zero-order valence-corrected chi connectivity index (χ0v) is 19.4. The third-order valence-electron chi connectivity index (χ3n) is 5.60. The molecule has 0 spiro atoms. The van der Waals surface area contributed by atoms with Crippen LogP contribution in [0, 0.1) is 0 Å². The van der Waals surface area contributed by atoms with Crippen LogP contribution in [0.1, 0.15) is 47.5 Å². The summed E-state index contributed by atoms with van der Waals surface area (Å²) < 4.78 is 57.1. The van der Waals surface area contributed by atoms with Crippen molar-refractivity contribution >= 4 is 28.8 Å². The van der Waals surface area contributed by atoms with Crippen LogP contribution in [0.4, 0.5) is 17.6 Å². The summed E-state index contributed by atoms with van der Waals surface area (Å²) in [6, 6.07) is 8.20. The molecule has 0 bridgehead atoms. The molecule has 0 saturated heterocycles. The number of carbonyl (C=O) groups excluding carboxylic acids is 1. The molecule has 33 heavy (non-hydrogen) atoms. The van der Waals surface area contributed by atoms with E-state index in [4.69, 9.17) is 11.6 Å². The van der Waals surface area contributed by atoms with E-state index in [1.807, 2.05) is 0 Å². The first-order valence-electron chi connectivity index (χ1n) is 10.1. The van der Waals surface area contributed by atoms with Gasteiger partial charge in [0.25, 0.3) is 5.91 Å². The molecule has 3 aromatic rings. The number of rotatable bonds is 4. The first kappa shape index (κ1) is 23.5. The van der Waals surface area contributed by atoms with Gasteiger partial charge < -0.3 is 4.90 Å². The number of amides is 1. The molecule has 1 amide bonds. The van der Waals surface area contributed by atoms with E-state index in [0.717, 1.165) is 10.4 Å². The highest BCUT2D eigenvalue weighted by Crippen LogP contribution is 2.45. The van der Waals surface area contributed by atoms with Crippen LogP contribution in [0.3, 0.4) is 0 Å². The van der Waals surface area contributed by atoms with Crippen molar-refractivity contribution in [1.82, 2.24) is 14.7 Å². The van der Waals surface area contributed by atoms with Crippen molar-refractivity contribution in [3.63, 3.8) is 0 Å². The van der Waals surface area contributed by atoms with Gasteiger partial charge in [-0.2, -0.15) is 18.3 Å². The molecular weight excluding hydrogens is 478 g/mol. The fourth-order valence-electron chi connectivity index (χ4n) is 4.08. The fraction of sp³-hybridized carbons (Fsp3) is 0.304. The number of thiophene rings is 1. The van der Waals surface area contributed by atoms with E-state index in [0.29, 0.717) is 15.5 Å². The van der Waals surface area contributed by atoms with Crippen molar-refractivity contribution in [2.45, 2.75) is 38.5 Å². The first-order valence-corrected chi connectivity index (χ1v) is 11.3. The number of hydrogen-bond donors (Lipinski definition) is 0. The van der Waals surface area contributed by atoms with Gasteiger partial charge in [0, 0.05) is 35.1 Å². The highest BCUT2D eigenvalue weighted by atomic mass is 35.5. The van der Waals surface area contributed by atoms with E-state index in [1.165, 1.54) is 27.1 Å². The van der Waals surface area contributed by atoms with E-state index in [9.17, 15) is 22.4 Å². The summed E-state index contributed by atoms with van der Waals surface area (Å²) in [4.78, 5) is 14.4. The van der Waals surface area contributed by atoms with E-state index in [2.05, 4.69) is 11.7 Å². The van der Waals surface area contributed by atoms with Crippen LogP contribution in [-0.2, 0) is 17.5 Å². The summed E-state index contributed by atoms with van der Waals surface area (Å²) in [6.45, 7) is 6.83. The number of hydrogen-bond acceptors (Lipinski definition) is 3. The Morgan fingerprint density at radius 2 is 1.94 bits per heavy atom. The summed E-state index contributed by atoms with van der Waals surface area (Å²) in [5, 5.41) is 3.81. The smallest absolute Gasteiger partial charge is 0.331 e. The lowest BCUT2D eigenvalue weighted by atomic mass is 9.84. The highest BCUT2D eigenvalue weighted by Gasteiger charge is 2.39. The Morgan fingerprint density at radius 3 is 2.58 bits per heavy atom. The van der Waals surface area contributed by atoms with Gasteiger partial charge in [-0.25, -0.2) is 4.39 Å². The largest absolute Gasteiger partial charge is 0.435 e. The summed E-state index contributed by atoms with van der Waals surface area (Å²) in [6.07, 6.45) is -3.26. The lowest BCUT2D eigenvalue weighted by Gasteiger charge is -2.33. The standard InChI is InChI=1S/C23H20ClF4N3OS/c1-12(2)31-10-18(21(29-31)23(26,27)28)15-7-5-4-6-14(15)17-9-30(22(32)13(3)25)11-19-16(17)8-20(24)33-19/h4-8,10,12,17H,3,9,11H2,1-2H3/t17-/m0/s1. The number of carbonyl (C=O) groups is 1. The molecule has 1 atom stereocenters. The average Bonchev–Trinajstić information content (AvgIpc) is 3.35. The quantitative estimate of drug-likeness (QED) is 0.293. The fourth-order valence-corrected chi connectivity index (χ4v) is 5.44. The Labute approximate surface area is 197 Å². The molecule has 0 aliphatic carbocycles. The Hall–Kier alpha value is -2.65. The minimum Gasteiger partial charge on any atom is -0.331 e. The summed E-state index contributed by atoms with van der Waals surface area (Å²) in [7, 11) is 0. The van der Waals surface area contributed by atoms with Crippen molar-refractivity contribution in [3.8, 4) is 11.1 Å². The second kappa shape index (κ2) is 8.61. The number of alkyl halides is 3. The van der Waals surface area contributed by atoms with E-state index in [-0.39, 0.29) is 24.7 Å². The molecule has 4 rings (SSSR count). The monoisotopic (exact) mass is 497 g/mol. The van der Waals surface area contributed by atoms with Crippen LogP contribution in [0.15, 0.2) is 48.9 Å². The minimum atomic E-state index is -4.65. The van der Waals surface area contributed by atoms with E-state index >= 15 is 0 Å². The molecule has 0 radical (unpaired) electrons. The molecule has 1 aromatic carbocycles. The minimum absolute atomic E-state index is 0.0481. The van der Waals surface area contributed by atoms with Crippen LogP contribution >= 0.6 is 22.9 Å². The summed E-state index contributed by atoms with van der Waals surface area (Å²) in [5.74, 6) is -2.44. The van der Waals surface area contributed by atoms with Gasteiger partial charge in [-0.3, -0.25) is 9.48 Å². The number of benzene rings is 1. The van der Waals surface area contributed by atoms with Gasteiger partial charge in [0.05, 0.1) is 10.9 Å². The molecule has 0 unspecified atom stereocenters. The van der Waals surface area contributed by atoms with Crippen LogP contribution in [0.25, 0.3) is 11.1 Å². The van der Waals surface area contributed by atoms with Crippen molar-refractivity contribution < 1.29 is 22.4 Å². The van der Waals surface area contributed by atoms with E-state index < -0.39 is 29.5 Å². The molecular formula is C23H20ClF4N3OS. The second-order valence-corrected chi connectivity index (χ2v) is 9.89. The molecule has 1 aliphatic heterocycles. The van der Waals surface area contributed by atoms with Crippen molar-refractivity contribution in [2.75, 3.05) is 6.54 Å². The average molecular weight is 498 g/mol. The van der Waals surface area contributed by atoms with Gasteiger partial charge in [0.15, 0.2) is 11.5 Å². The van der Waals surface area contributed by atoms with Crippen LogP contribution in [-0.4, -0.2) is 27.1 Å². The maximum absolute atomic E-state index is 13.9. The third-order valence-corrected chi connectivity index (χ3v) is 6.86. The van der Waals surface area contributed by atoms with Crippen molar-refractivity contribution in [3.05, 3.63) is 75.0 Å². The van der Waals surface area contributed by atoms with Crippen LogP contribution < -0.4 is 0 Å². The maximum atomic E-state index is 13.9. The molecule has 174 valence electrons. The van der Waals surface area contributed by atoms with Crippen molar-refractivity contribution in [1.29, 1.82) is 0 Å². The van der Waals surface area contributed by atoms with Gasteiger partial charge in [-0.05, 0) is 36.6 Å². The Bertz CT molecular complexity index is 1230. The van der Waals surface area contributed by atoms with Crippen molar-refractivity contribution in [2.24, 2.45) is 0 Å². The zero-order chi connectivity index (χ0) is 24.1. The predicted octanol–water partition coefficient (Wildman–Crippen LogP) is 6.82. The van der Waals surface area contributed by atoms with Gasteiger partial charge >= 0.3 is 6.18 Å². The number of halogens is 5. The van der Waals surface area contributed by atoms with Gasteiger partial charge in [0.1, 0.15) is 0 Å². The lowest BCUT2D eigenvalue weighted by molar-refractivity contribution is -0.141. The van der Waals surface area contributed by atoms with Gasteiger partial charge in [-0.15, -0.1) is 11.3 Å². The molecule has 3 heterocycles. The lowest BCUT2D eigenvalue weighted by Crippen LogP contribution is -2.38. The Morgan fingerprint density at radius 1 is 1.24 bits per heavy atom. The Balaban J connectivity index is 1.89. The molecule has 1 aliphatic rings. The number of nitrogens with zero attached hydrogens (tertiary/aromatic N) is 3. The highest BCUT2D eigenvalue weighted by molar-refractivity contribution is 7.16. The van der Waals surface area contributed by atoms with E-state index in [1.54, 1.807) is 44.2 Å². The molecule has 0 saturated carbocycles. The molecule has 0 fully saturated rings. The molecule has 0 N–H and O–H groups in total. The first-order chi connectivity index (χ1) is 15.5. The molecule has 10 heteroatoms. The van der Waals surface area contributed by atoms with Gasteiger partial charge in [0.2, 0.25) is 0 Å². The number of fused-ring (bicyclic) bond motifs is 1. The van der Waals surface area contributed by atoms with Gasteiger partial charge in [-0.1, -0.05) is 42.4 Å². The summed E-state index contributed by atoms with van der Waals surface area (Å²) in [5.41, 5.74) is 0.712. The third kappa shape index (κ3) is 4.44.